The van der Waals surface area contributed by atoms with Gasteiger partial charge in [0.2, 0.25) is 0 Å². The van der Waals surface area contributed by atoms with Gasteiger partial charge in [0.25, 0.3) is 0 Å². The highest BCUT2D eigenvalue weighted by atomic mass is 16.7. The number of nitrogens with one attached hydrogen (secondary N) is 1. The molecule has 15 heteroatoms. The smallest absolute Gasteiger partial charge is 0.410 e. The zero-order chi connectivity index (χ0) is 41.1. The van der Waals surface area contributed by atoms with Crippen LogP contribution in [0.15, 0.2) is 30.5 Å². The van der Waals surface area contributed by atoms with Crippen molar-refractivity contribution in [1.29, 1.82) is 0 Å². The molecule has 0 saturated carbocycles. The number of hydrogen-bond donors (Lipinski definition) is 3. The first kappa shape index (κ1) is 43.2. The molecule has 1 aromatic heterocycles. The summed E-state index contributed by atoms with van der Waals surface area (Å²) in [6, 6.07) is 6.38. The van der Waals surface area contributed by atoms with E-state index in [-0.39, 0.29) is 30.3 Å². The molecular weight excluding hydrogens is 720 g/mol. The molecule has 56 heavy (non-hydrogen) atoms. The number of esters is 1. The average molecular weight is 783 g/mol. The quantitative estimate of drug-likeness (QED) is 0.133. The number of Topliss-reactive ketones (excluding diaryl/α,β-unsaturated/α-hetero) is 2. The number of nitrogen functional groups attached to an aromatic ring is 1. The van der Waals surface area contributed by atoms with Crippen LogP contribution in [0.1, 0.15) is 87.5 Å². The van der Waals surface area contributed by atoms with E-state index in [2.05, 4.69) is 15.6 Å². The molecule has 13 atom stereocenters. The van der Waals surface area contributed by atoms with Crippen molar-refractivity contribution in [2.24, 2.45) is 29.6 Å². The predicted molar refractivity (Wildman–Crippen MR) is 208 cm³/mol. The van der Waals surface area contributed by atoms with E-state index in [0.717, 1.165) is 5.56 Å². The van der Waals surface area contributed by atoms with E-state index >= 15 is 0 Å². The SMILES string of the molecule is CC[C@H]1OC(=O)[C@H](C)C(=O)[C@H](C)[C@@H](O[C@@H]2O[C@H](C)C[C@H](NC)[C@H]2O)[C@@H](C)C[C@@H](C)C(=O)[C@H](C)[C@H]2N(CCCCn3cc(-c4cccc(N)c4)nn3)C(=O)O[C@]12C. The van der Waals surface area contributed by atoms with E-state index in [9.17, 15) is 24.3 Å². The van der Waals surface area contributed by atoms with Crippen LogP contribution in [0.3, 0.4) is 0 Å². The lowest BCUT2D eigenvalue weighted by Crippen LogP contribution is -2.58. The number of hydrogen-bond acceptors (Lipinski definition) is 13. The number of nitrogens with two attached hydrogens (primary N) is 1. The number of nitrogens with zero attached hydrogens (tertiary/aromatic N) is 4. The Morgan fingerprint density at radius 2 is 1.73 bits per heavy atom. The highest BCUT2D eigenvalue weighted by Gasteiger charge is 2.59. The molecule has 310 valence electrons. The van der Waals surface area contributed by atoms with Gasteiger partial charge in [-0.3, -0.25) is 19.1 Å². The number of benzene rings is 1. The van der Waals surface area contributed by atoms with Crippen LogP contribution < -0.4 is 11.1 Å². The Morgan fingerprint density at radius 3 is 2.41 bits per heavy atom. The highest BCUT2D eigenvalue weighted by molar-refractivity contribution is 6.00. The average Bonchev–Trinajstić information content (AvgIpc) is 3.74. The molecule has 1 aromatic carbocycles. The van der Waals surface area contributed by atoms with Gasteiger partial charge in [0.1, 0.15) is 29.6 Å². The van der Waals surface area contributed by atoms with E-state index in [4.69, 9.17) is 24.7 Å². The molecule has 4 heterocycles. The lowest BCUT2D eigenvalue weighted by molar-refractivity contribution is -0.271. The van der Waals surface area contributed by atoms with Gasteiger partial charge in [-0.25, -0.2) is 4.79 Å². The van der Waals surface area contributed by atoms with Gasteiger partial charge in [0, 0.05) is 48.1 Å². The number of ether oxygens (including phenoxy) is 4. The molecule has 4 N–H and O–H groups in total. The van der Waals surface area contributed by atoms with E-state index in [1.165, 1.54) is 6.92 Å². The maximum atomic E-state index is 14.5. The van der Waals surface area contributed by atoms with Gasteiger partial charge in [-0.2, -0.15) is 0 Å². The number of amides is 1. The fraction of sp³-hybridized carbons (Fsp3) is 0.707. The van der Waals surface area contributed by atoms with Crippen molar-refractivity contribution >= 4 is 29.3 Å². The minimum atomic E-state index is -1.38. The molecule has 0 unspecified atom stereocenters. The van der Waals surface area contributed by atoms with E-state index in [1.807, 2.05) is 65.1 Å². The second-order valence-corrected chi connectivity index (χ2v) is 16.5. The summed E-state index contributed by atoms with van der Waals surface area (Å²) in [5, 5.41) is 22.8. The first-order valence-corrected chi connectivity index (χ1v) is 20.2. The second kappa shape index (κ2) is 18.1. The largest absolute Gasteiger partial charge is 0.458 e. The summed E-state index contributed by atoms with van der Waals surface area (Å²) in [5.41, 5.74) is 6.76. The number of aliphatic hydroxyl groups excluding tert-OH is 1. The summed E-state index contributed by atoms with van der Waals surface area (Å²) in [7, 11) is 1.76. The summed E-state index contributed by atoms with van der Waals surface area (Å²) in [4.78, 5) is 57.7. The molecule has 0 aliphatic carbocycles. The molecule has 15 nitrogen and oxygen atoms in total. The minimum absolute atomic E-state index is 0.0878. The first-order valence-electron chi connectivity index (χ1n) is 20.2. The van der Waals surface area contributed by atoms with Crippen LogP contribution in [0.25, 0.3) is 11.3 Å². The number of ketones is 2. The van der Waals surface area contributed by atoms with Crippen molar-refractivity contribution in [3.8, 4) is 11.3 Å². The molecule has 0 bridgehead atoms. The number of unbranched alkanes of at least 4 members (excludes halogenated alkanes) is 1. The van der Waals surface area contributed by atoms with Crippen molar-refractivity contribution in [2.45, 2.75) is 142 Å². The predicted octanol–water partition coefficient (Wildman–Crippen LogP) is 4.40. The lowest BCUT2D eigenvalue weighted by Gasteiger charge is -2.43. The van der Waals surface area contributed by atoms with E-state index in [1.54, 1.807) is 30.5 Å². The molecule has 3 aliphatic rings. The number of aryl methyl sites for hydroxylation is 1. The third-order valence-electron chi connectivity index (χ3n) is 12.2. The molecule has 3 fully saturated rings. The van der Waals surface area contributed by atoms with E-state index < -0.39 is 77.8 Å². The monoisotopic (exact) mass is 782 g/mol. The molecule has 1 amide bonds. The number of aliphatic hydroxyl groups is 1. The second-order valence-electron chi connectivity index (χ2n) is 16.5. The van der Waals surface area contributed by atoms with Crippen LogP contribution in [0.2, 0.25) is 0 Å². The molecule has 2 aromatic rings. The van der Waals surface area contributed by atoms with Crippen LogP contribution in [0.5, 0.6) is 0 Å². The van der Waals surface area contributed by atoms with Gasteiger partial charge in [-0.05, 0) is 78.0 Å². The van der Waals surface area contributed by atoms with Gasteiger partial charge < -0.3 is 40.0 Å². The van der Waals surface area contributed by atoms with Crippen LogP contribution >= 0.6 is 0 Å². The zero-order valence-corrected chi connectivity index (χ0v) is 34.3. The van der Waals surface area contributed by atoms with Crippen LogP contribution in [0, 0.1) is 29.6 Å². The fourth-order valence-corrected chi connectivity index (χ4v) is 9.06. The standard InChI is InChI=1S/C41H62N6O9/c1-10-32-41(8)37(47(40(52)56-41)17-12-11-16-46-21-31(44-45-46)28-14-13-15-29(42)20-28)26(6)33(48)22(2)18-23(3)36(25(5)34(49)27(7)38(51)54-32)55-39-35(50)30(43-9)19-24(4)53-39/h13-15,20-27,30,32,35-37,39,43,50H,10-12,16-19,42H2,1-9H3/t22-,23+,24-,25+,26+,27-,30+,32-,35-,36+,37-,39+,41-/m1/s1. The summed E-state index contributed by atoms with van der Waals surface area (Å²) in [5.74, 6) is -4.76. The van der Waals surface area contributed by atoms with Gasteiger partial charge in [0.15, 0.2) is 17.7 Å². The Kier molecular flexibility index (Phi) is 14.0. The number of rotatable bonds is 10. The topological polar surface area (TPSA) is 197 Å². The fourth-order valence-electron chi connectivity index (χ4n) is 9.06. The third-order valence-corrected chi connectivity index (χ3v) is 12.2. The number of fused-ring (bicyclic) bond motifs is 1. The summed E-state index contributed by atoms with van der Waals surface area (Å²) in [6.07, 6.45) is -0.285. The number of aromatic nitrogens is 3. The number of cyclic esters (lactones) is 1. The lowest BCUT2D eigenvalue weighted by atomic mass is 9.74. The zero-order valence-electron chi connectivity index (χ0n) is 34.3. The maximum absolute atomic E-state index is 14.5. The van der Waals surface area contributed by atoms with Crippen molar-refractivity contribution in [3.63, 3.8) is 0 Å². The molecule has 3 aliphatic heterocycles. The van der Waals surface area contributed by atoms with Crippen molar-refractivity contribution < 1.29 is 43.2 Å². The van der Waals surface area contributed by atoms with Crippen molar-refractivity contribution in [2.75, 3.05) is 19.3 Å². The normalized spacial score (nSPS) is 36.1. The molecule has 0 spiro atoms. The molecule has 3 saturated heterocycles. The Labute approximate surface area is 330 Å². The minimum Gasteiger partial charge on any atom is -0.458 e. The van der Waals surface area contributed by atoms with Gasteiger partial charge in [-0.15, -0.1) is 5.10 Å². The van der Waals surface area contributed by atoms with E-state index in [0.29, 0.717) is 50.2 Å². The Hall–Kier alpha value is -3.92. The maximum Gasteiger partial charge on any atom is 0.410 e. The number of likely N-dealkylation sites (N-methyl/N-ethyl adjacent to an activating group) is 1. The highest BCUT2D eigenvalue weighted by Crippen LogP contribution is 2.42. The third kappa shape index (κ3) is 9.11. The number of carbonyl (C=O) groups is 4. The van der Waals surface area contributed by atoms with Gasteiger partial charge in [-0.1, -0.05) is 52.0 Å². The van der Waals surface area contributed by atoms with Crippen LogP contribution in [0.4, 0.5) is 10.5 Å². The Morgan fingerprint density at radius 1 is 1.02 bits per heavy atom. The molecule has 5 rings (SSSR count). The summed E-state index contributed by atoms with van der Waals surface area (Å²) < 4.78 is 26.5. The van der Waals surface area contributed by atoms with Crippen molar-refractivity contribution in [3.05, 3.63) is 30.5 Å². The Balaban J connectivity index is 1.38. The summed E-state index contributed by atoms with van der Waals surface area (Å²) >= 11 is 0. The van der Waals surface area contributed by atoms with Crippen LogP contribution in [-0.4, -0.2) is 111 Å². The number of anilines is 1. The molecule has 0 radical (unpaired) electrons. The first-order chi connectivity index (χ1) is 26.5. The van der Waals surface area contributed by atoms with Gasteiger partial charge >= 0.3 is 12.1 Å². The number of carbonyl (C=O) groups excluding carboxylic acids is 4. The van der Waals surface area contributed by atoms with Crippen LogP contribution in [-0.2, 0) is 39.9 Å². The summed E-state index contributed by atoms with van der Waals surface area (Å²) in [6.45, 7) is 15.1. The molecular formula is C41H62N6O9. The van der Waals surface area contributed by atoms with Crippen molar-refractivity contribution in [1.82, 2.24) is 25.2 Å². The van der Waals surface area contributed by atoms with Gasteiger partial charge in [0.05, 0.1) is 24.4 Å². The Bertz CT molecular complexity index is 1700.